The molecule has 1 N–H and O–H groups in total. The van der Waals surface area contributed by atoms with E-state index in [2.05, 4.69) is 19.9 Å². The van der Waals surface area contributed by atoms with E-state index in [1.807, 2.05) is 6.92 Å². The third kappa shape index (κ3) is 2.06. The van der Waals surface area contributed by atoms with Crippen LogP contribution in [0.15, 0.2) is 11.6 Å². The van der Waals surface area contributed by atoms with Gasteiger partial charge in [-0.1, -0.05) is 19.9 Å². The van der Waals surface area contributed by atoms with E-state index < -0.39 is 0 Å². The topological polar surface area (TPSA) is 20.2 Å². The van der Waals surface area contributed by atoms with Crippen molar-refractivity contribution >= 4 is 0 Å². The zero-order valence-electron chi connectivity index (χ0n) is 7.67. The summed E-state index contributed by atoms with van der Waals surface area (Å²) in [5.74, 6) is 1.53. The predicted octanol–water partition coefficient (Wildman–Crippen LogP) is 2.36. The Balaban J connectivity index is 2.43. The van der Waals surface area contributed by atoms with Crippen LogP contribution in [-0.4, -0.2) is 11.2 Å². The van der Waals surface area contributed by atoms with E-state index in [9.17, 15) is 5.11 Å². The quantitative estimate of drug-likeness (QED) is 0.605. The number of allylic oxidation sites excluding steroid dienone is 1. The van der Waals surface area contributed by atoms with Crippen molar-refractivity contribution in [1.29, 1.82) is 0 Å². The summed E-state index contributed by atoms with van der Waals surface area (Å²) in [5.41, 5.74) is 1.24. The molecule has 0 spiro atoms. The first-order valence-electron chi connectivity index (χ1n) is 4.48. The Hall–Kier alpha value is -0.300. The molecular weight excluding hydrogens is 136 g/mol. The van der Waals surface area contributed by atoms with Crippen molar-refractivity contribution < 1.29 is 5.11 Å². The Bertz CT molecular complexity index is 156. The van der Waals surface area contributed by atoms with E-state index in [4.69, 9.17) is 0 Å². The monoisotopic (exact) mass is 154 g/mol. The summed E-state index contributed by atoms with van der Waals surface area (Å²) in [5, 5.41) is 9.28. The number of aliphatic hydroxyl groups is 1. The molecule has 1 heteroatoms. The van der Waals surface area contributed by atoms with E-state index in [1.165, 1.54) is 5.57 Å². The van der Waals surface area contributed by atoms with Gasteiger partial charge in [-0.3, -0.25) is 0 Å². The lowest BCUT2D eigenvalue weighted by Gasteiger charge is -2.14. The first-order valence-corrected chi connectivity index (χ1v) is 4.48. The van der Waals surface area contributed by atoms with E-state index in [0.717, 1.165) is 24.7 Å². The van der Waals surface area contributed by atoms with Crippen LogP contribution in [-0.2, 0) is 0 Å². The number of rotatable bonds is 2. The van der Waals surface area contributed by atoms with E-state index in [1.54, 1.807) is 0 Å². The van der Waals surface area contributed by atoms with Gasteiger partial charge in [0.1, 0.15) is 0 Å². The average molecular weight is 154 g/mol. The molecule has 0 radical (unpaired) electrons. The Labute approximate surface area is 69.1 Å². The van der Waals surface area contributed by atoms with Gasteiger partial charge in [-0.05, 0) is 37.2 Å². The molecule has 1 aliphatic carbocycles. The van der Waals surface area contributed by atoms with Crippen LogP contribution in [0.4, 0.5) is 0 Å². The highest BCUT2D eigenvalue weighted by atomic mass is 16.3. The van der Waals surface area contributed by atoms with Crippen molar-refractivity contribution in [2.45, 2.75) is 39.7 Å². The van der Waals surface area contributed by atoms with Crippen LogP contribution < -0.4 is 0 Å². The van der Waals surface area contributed by atoms with Gasteiger partial charge in [0, 0.05) is 0 Å². The lowest BCUT2D eigenvalue weighted by molar-refractivity contribution is 0.224. The molecule has 0 bridgehead atoms. The van der Waals surface area contributed by atoms with Crippen LogP contribution in [0.25, 0.3) is 0 Å². The first-order chi connectivity index (χ1) is 5.11. The largest absolute Gasteiger partial charge is 0.389 e. The molecule has 0 aromatic rings. The summed E-state index contributed by atoms with van der Waals surface area (Å²) in [6, 6.07) is 0. The summed E-state index contributed by atoms with van der Waals surface area (Å²) in [6.07, 6.45) is 4.25. The number of aliphatic hydroxyl groups excluding tert-OH is 1. The van der Waals surface area contributed by atoms with Gasteiger partial charge in [0.25, 0.3) is 0 Å². The molecule has 64 valence electrons. The zero-order chi connectivity index (χ0) is 8.43. The van der Waals surface area contributed by atoms with Crippen molar-refractivity contribution in [1.82, 2.24) is 0 Å². The summed E-state index contributed by atoms with van der Waals surface area (Å²) < 4.78 is 0. The molecule has 0 unspecified atom stereocenters. The third-order valence-electron chi connectivity index (χ3n) is 2.66. The molecule has 0 saturated carbocycles. The summed E-state index contributed by atoms with van der Waals surface area (Å²) >= 11 is 0. The van der Waals surface area contributed by atoms with Gasteiger partial charge in [-0.25, -0.2) is 0 Å². The Morgan fingerprint density at radius 3 is 2.36 bits per heavy atom. The Kier molecular flexibility index (Phi) is 2.72. The standard InChI is InChI=1S/C10H18O/c1-7(2)9-4-5-10(6-9)8(3)11/h5,7-9,11H,4,6H2,1-3H3/t8-,9+/m0/s1. The smallest absolute Gasteiger partial charge is 0.0722 e. The highest BCUT2D eigenvalue weighted by Crippen LogP contribution is 2.32. The van der Waals surface area contributed by atoms with Crippen molar-refractivity contribution in [2.24, 2.45) is 11.8 Å². The minimum absolute atomic E-state index is 0.223. The molecule has 2 atom stereocenters. The van der Waals surface area contributed by atoms with Gasteiger partial charge in [0.05, 0.1) is 6.10 Å². The van der Waals surface area contributed by atoms with E-state index in [-0.39, 0.29) is 6.10 Å². The molecule has 1 aliphatic rings. The van der Waals surface area contributed by atoms with Gasteiger partial charge in [0.2, 0.25) is 0 Å². The van der Waals surface area contributed by atoms with E-state index >= 15 is 0 Å². The number of hydrogen-bond donors (Lipinski definition) is 1. The molecule has 11 heavy (non-hydrogen) atoms. The fraction of sp³-hybridized carbons (Fsp3) is 0.800. The fourth-order valence-corrected chi connectivity index (χ4v) is 1.62. The summed E-state index contributed by atoms with van der Waals surface area (Å²) in [7, 11) is 0. The molecule has 1 nitrogen and oxygen atoms in total. The summed E-state index contributed by atoms with van der Waals surface area (Å²) in [6.45, 7) is 6.36. The number of hydrogen-bond acceptors (Lipinski definition) is 1. The second-order valence-corrected chi connectivity index (χ2v) is 3.90. The van der Waals surface area contributed by atoms with Crippen molar-refractivity contribution in [2.75, 3.05) is 0 Å². The van der Waals surface area contributed by atoms with Crippen LogP contribution in [0.1, 0.15) is 33.6 Å². The Morgan fingerprint density at radius 2 is 2.09 bits per heavy atom. The van der Waals surface area contributed by atoms with Gasteiger partial charge in [0.15, 0.2) is 0 Å². The van der Waals surface area contributed by atoms with Gasteiger partial charge >= 0.3 is 0 Å². The average Bonchev–Trinajstić information content (AvgIpc) is 2.33. The SMILES string of the molecule is CC(C)[C@@H]1CC=C([C@H](C)O)C1. The maximum Gasteiger partial charge on any atom is 0.0722 e. The van der Waals surface area contributed by atoms with Crippen molar-refractivity contribution in [3.8, 4) is 0 Å². The first kappa shape index (κ1) is 8.79. The molecular formula is C10H18O. The normalized spacial score (nSPS) is 27.4. The molecule has 0 saturated heterocycles. The molecule has 1 rings (SSSR count). The zero-order valence-corrected chi connectivity index (χ0v) is 7.67. The van der Waals surface area contributed by atoms with Crippen LogP contribution in [0.2, 0.25) is 0 Å². The maximum absolute atomic E-state index is 9.28. The van der Waals surface area contributed by atoms with Crippen LogP contribution in [0.3, 0.4) is 0 Å². The van der Waals surface area contributed by atoms with Gasteiger partial charge in [-0.2, -0.15) is 0 Å². The van der Waals surface area contributed by atoms with Gasteiger partial charge < -0.3 is 5.11 Å². The lowest BCUT2D eigenvalue weighted by Crippen LogP contribution is -2.08. The lowest BCUT2D eigenvalue weighted by atomic mass is 9.92. The van der Waals surface area contributed by atoms with Gasteiger partial charge in [-0.15, -0.1) is 0 Å². The molecule has 0 fully saturated rings. The minimum atomic E-state index is -0.223. The molecule has 0 aromatic carbocycles. The Morgan fingerprint density at radius 1 is 1.45 bits per heavy atom. The molecule has 0 amide bonds. The molecule has 0 aromatic heterocycles. The van der Waals surface area contributed by atoms with Crippen LogP contribution in [0.5, 0.6) is 0 Å². The second kappa shape index (κ2) is 3.40. The predicted molar refractivity (Wildman–Crippen MR) is 47.3 cm³/mol. The fourth-order valence-electron chi connectivity index (χ4n) is 1.62. The minimum Gasteiger partial charge on any atom is -0.389 e. The second-order valence-electron chi connectivity index (χ2n) is 3.90. The van der Waals surface area contributed by atoms with Crippen molar-refractivity contribution in [3.63, 3.8) is 0 Å². The maximum atomic E-state index is 9.28. The molecule has 0 aliphatic heterocycles. The molecule has 0 heterocycles. The van der Waals surface area contributed by atoms with E-state index in [0.29, 0.717) is 0 Å². The third-order valence-corrected chi connectivity index (χ3v) is 2.66. The van der Waals surface area contributed by atoms with Crippen LogP contribution >= 0.6 is 0 Å². The van der Waals surface area contributed by atoms with Crippen molar-refractivity contribution in [3.05, 3.63) is 11.6 Å². The summed E-state index contributed by atoms with van der Waals surface area (Å²) in [4.78, 5) is 0. The highest BCUT2D eigenvalue weighted by molar-refractivity contribution is 5.14. The van der Waals surface area contributed by atoms with Crippen LogP contribution in [0, 0.1) is 11.8 Å². The highest BCUT2D eigenvalue weighted by Gasteiger charge is 2.21.